The molecule has 6 nitrogen and oxygen atoms in total. The van der Waals surface area contributed by atoms with Crippen molar-refractivity contribution in [3.8, 4) is 11.5 Å². The minimum atomic E-state index is -0.803. The van der Waals surface area contributed by atoms with Crippen molar-refractivity contribution < 1.29 is 24.2 Å². The lowest BCUT2D eigenvalue weighted by Crippen LogP contribution is -2.29. The quantitative estimate of drug-likeness (QED) is 0.343. The second-order valence-corrected chi connectivity index (χ2v) is 7.99. The molecule has 1 amide bonds. The number of anilines is 1. The van der Waals surface area contributed by atoms with Gasteiger partial charge in [-0.2, -0.15) is 0 Å². The molecule has 1 fully saturated rings. The molecule has 4 rings (SSSR count). The highest BCUT2D eigenvalue weighted by Crippen LogP contribution is 2.44. The third-order valence-electron chi connectivity index (χ3n) is 5.74. The maximum atomic E-state index is 13.3. The van der Waals surface area contributed by atoms with Crippen LogP contribution in [0.3, 0.4) is 0 Å². The van der Waals surface area contributed by atoms with E-state index in [1.807, 2.05) is 56.3 Å². The Bertz CT molecular complexity index is 1280. The van der Waals surface area contributed by atoms with Crippen molar-refractivity contribution in [2.24, 2.45) is 0 Å². The van der Waals surface area contributed by atoms with E-state index >= 15 is 0 Å². The van der Waals surface area contributed by atoms with E-state index in [1.165, 1.54) is 19.1 Å². The molecule has 1 unspecified atom stereocenters. The molecule has 1 saturated heterocycles. The van der Waals surface area contributed by atoms with Crippen molar-refractivity contribution in [2.75, 3.05) is 19.1 Å². The van der Waals surface area contributed by atoms with Crippen molar-refractivity contribution in [2.45, 2.75) is 19.9 Å². The molecule has 1 heterocycles. The number of ketones is 1. The van der Waals surface area contributed by atoms with Gasteiger partial charge >= 0.3 is 0 Å². The summed E-state index contributed by atoms with van der Waals surface area (Å²) in [4.78, 5) is 28.1. The summed E-state index contributed by atoms with van der Waals surface area (Å²) in [5.74, 6) is -0.929. The summed E-state index contributed by atoms with van der Waals surface area (Å²) in [6, 6.07) is 19.1. The molecule has 6 heteroatoms. The average molecular weight is 443 g/mol. The lowest BCUT2D eigenvalue weighted by molar-refractivity contribution is -0.132. The molecule has 0 aliphatic carbocycles. The van der Waals surface area contributed by atoms with E-state index in [1.54, 1.807) is 24.3 Å². The number of carbonyl (C=O) groups excluding carboxylic acids is 2. The molecular weight excluding hydrogens is 418 g/mol. The summed E-state index contributed by atoms with van der Waals surface area (Å²) in [5, 5.41) is 11.4. The Hall–Kier alpha value is -4.06. The summed E-state index contributed by atoms with van der Waals surface area (Å²) < 4.78 is 10.7. The molecule has 1 aliphatic heterocycles. The van der Waals surface area contributed by atoms with Gasteiger partial charge in [-0.3, -0.25) is 14.5 Å². The molecule has 0 radical (unpaired) electrons. The molecule has 168 valence electrons. The number of hydrogen-bond donors (Lipinski definition) is 1. The zero-order valence-electron chi connectivity index (χ0n) is 19.0. The predicted molar refractivity (Wildman–Crippen MR) is 127 cm³/mol. The number of Topliss-reactive ketones (excluding diaryl/α,β-unsaturated/α-hetero) is 1. The molecular formula is C27H25NO5. The number of ether oxygens (including phenoxy) is 2. The van der Waals surface area contributed by atoms with Crippen molar-refractivity contribution in [1.29, 1.82) is 0 Å². The largest absolute Gasteiger partial charge is 0.507 e. The van der Waals surface area contributed by atoms with Crippen LogP contribution in [0.2, 0.25) is 0 Å². The van der Waals surface area contributed by atoms with Crippen LogP contribution in [0.4, 0.5) is 5.69 Å². The maximum absolute atomic E-state index is 13.3. The number of amides is 1. The Kier molecular flexibility index (Phi) is 5.92. The van der Waals surface area contributed by atoms with E-state index in [0.717, 1.165) is 16.7 Å². The first-order valence-corrected chi connectivity index (χ1v) is 10.5. The van der Waals surface area contributed by atoms with Gasteiger partial charge < -0.3 is 14.6 Å². The van der Waals surface area contributed by atoms with Gasteiger partial charge in [-0.15, -0.1) is 0 Å². The normalized spacial score (nSPS) is 17.3. The maximum Gasteiger partial charge on any atom is 0.300 e. The van der Waals surface area contributed by atoms with Crippen LogP contribution in [0, 0.1) is 13.8 Å². The van der Waals surface area contributed by atoms with Crippen molar-refractivity contribution in [3.05, 3.63) is 94.6 Å². The number of nitrogens with zero attached hydrogens (tertiary/aromatic N) is 1. The monoisotopic (exact) mass is 443 g/mol. The van der Waals surface area contributed by atoms with Gasteiger partial charge in [0, 0.05) is 5.69 Å². The lowest BCUT2D eigenvalue weighted by Gasteiger charge is -2.26. The van der Waals surface area contributed by atoms with Crippen molar-refractivity contribution >= 4 is 23.1 Å². The first-order valence-electron chi connectivity index (χ1n) is 10.5. The first-order chi connectivity index (χ1) is 15.8. The number of carbonyl (C=O) groups is 2. The highest BCUT2D eigenvalue weighted by Gasteiger charge is 2.47. The number of benzene rings is 3. The Morgan fingerprint density at radius 2 is 1.58 bits per heavy atom. The van der Waals surface area contributed by atoms with E-state index < -0.39 is 17.7 Å². The second kappa shape index (κ2) is 8.82. The van der Waals surface area contributed by atoms with Gasteiger partial charge in [0.2, 0.25) is 0 Å². The zero-order valence-corrected chi connectivity index (χ0v) is 19.0. The smallest absolute Gasteiger partial charge is 0.300 e. The van der Waals surface area contributed by atoms with Crippen LogP contribution in [0.5, 0.6) is 11.5 Å². The Labute approximate surface area is 192 Å². The minimum absolute atomic E-state index is 0.00124. The summed E-state index contributed by atoms with van der Waals surface area (Å²) in [6.07, 6.45) is 0. The molecule has 3 aromatic carbocycles. The average Bonchev–Trinajstić information content (AvgIpc) is 3.08. The van der Waals surface area contributed by atoms with Crippen LogP contribution in [0.1, 0.15) is 28.3 Å². The number of hydrogen-bond acceptors (Lipinski definition) is 5. The molecule has 1 atom stereocenters. The summed E-state index contributed by atoms with van der Waals surface area (Å²) in [7, 11) is 2.98. The molecule has 0 bridgehead atoms. The number of aliphatic hydroxyl groups is 1. The topological polar surface area (TPSA) is 76.1 Å². The number of aryl methyl sites for hydroxylation is 2. The molecule has 33 heavy (non-hydrogen) atoms. The number of rotatable bonds is 5. The van der Waals surface area contributed by atoms with Gasteiger partial charge in [0.1, 0.15) is 17.3 Å². The van der Waals surface area contributed by atoms with Gasteiger partial charge in [-0.1, -0.05) is 42.0 Å². The molecule has 3 aromatic rings. The standard InChI is InChI=1S/C27H25NO5/c1-16-7-5-9-18(13-16)24-23(25(29)21-15-20(32-3)11-12-22(21)33-4)26(30)27(31)28(24)19-10-6-8-17(2)14-19/h5-15,24,29H,1-4H3/b25-23+. The van der Waals surface area contributed by atoms with E-state index in [2.05, 4.69) is 0 Å². The molecule has 0 saturated carbocycles. The van der Waals surface area contributed by atoms with Crippen LogP contribution < -0.4 is 14.4 Å². The van der Waals surface area contributed by atoms with Crippen LogP contribution in [-0.4, -0.2) is 31.0 Å². The summed E-state index contributed by atoms with van der Waals surface area (Å²) in [6.45, 7) is 3.86. The Balaban J connectivity index is 2.00. The molecule has 1 aliphatic rings. The second-order valence-electron chi connectivity index (χ2n) is 7.99. The van der Waals surface area contributed by atoms with Gasteiger partial charge in [-0.25, -0.2) is 0 Å². The Morgan fingerprint density at radius 1 is 0.879 bits per heavy atom. The summed E-state index contributed by atoms with van der Waals surface area (Å²) >= 11 is 0. The van der Waals surface area contributed by atoms with Gasteiger partial charge in [0.25, 0.3) is 11.7 Å². The predicted octanol–water partition coefficient (Wildman–Crippen LogP) is 4.95. The third kappa shape index (κ3) is 3.96. The first kappa shape index (κ1) is 22.1. The van der Waals surface area contributed by atoms with E-state index in [9.17, 15) is 14.7 Å². The third-order valence-corrected chi connectivity index (χ3v) is 5.74. The number of aliphatic hydroxyl groups excluding tert-OH is 1. The van der Waals surface area contributed by atoms with E-state index in [4.69, 9.17) is 9.47 Å². The zero-order chi connectivity index (χ0) is 23.7. The van der Waals surface area contributed by atoms with Gasteiger partial charge in [-0.05, 0) is 55.3 Å². The highest BCUT2D eigenvalue weighted by molar-refractivity contribution is 6.51. The van der Waals surface area contributed by atoms with Gasteiger partial charge in [0.05, 0.1) is 31.4 Å². The van der Waals surface area contributed by atoms with Crippen molar-refractivity contribution in [1.82, 2.24) is 0 Å². The fourth-order valence-corrected chi connectivity index (χ4v) is 4.18. The molecule has 0 aromatic heterocycles. The number of methoxy groups -OCH3 is 2. The fourth-order valence-electron chi connectivity index (χ4n) is 4.18. The SMILES string of the molecule is COc1ccc(OC)c(/C(O)=C2\C(=O)C(=O)N(c3cccc(C)c3)C2c2cccc(C)c2)c1. The Morgan fingerprint density at radius 3 is 2.21 bits per heavy atom. The molecule has 1 N–H and O–H groups in total. The van der Waals surface area contributed by atoms with Gasteiger partial charge in [0.15, 0.2) is 0 Å². The van der Waals surface area contributed by atoms with Crippen LogP contribution in [-0.2, 0) is 9.59 Å². The molecule has 0 spiro atoms. The van der Waals surface area contributed by atoms with E-state index in [0.29, 0.717) is 17.2 Å². The van der Waals surface area contributed by atoms with Crippen LogP contribution in [0.15, 0.2) is 72.3 Å². The summed E-state index contributed by atoms with van der Waals surface area (Å²) in [5.41, 5.74) is 3.50. The van der Waals surface area contributed by atoms with Crippen LogP contribution >= 0.6 is 0 Å². The lowest BCUT2D eigenvalue weighted by atomic mass is 9.94. The van der Waals surface area contributed by atoms with Crippen molar-refractivity contribution in [3.63, 3.8) is 0 Å². The van der Waals surface area contributed by atoms with E-state index in [-0.39, 0.29) is 16.9 Å². The highest BCUT2D eigenvalue weighted by atomic mass is 16.5. The minimum Gasteiger partial charge on any atom is -0.507 e. The fraction of sp³-hybridized carbons (Fsp3) is 0.185. The van der Waals surface area contributed by atoms with Crippen LogP contribution in [0.25, 0.3) is 5.76 Å².